The van der Waals surface area contributed by atoms with Crippen LogP contribution in [-0.4, -0.2) is 35.4 Å². The molecule has 29 heavy (non-hydrogen) atoms. The summed E-state index contributed by atoms with van der Waals surface area (Å²) in [5, 5.41) is 12.6. The number of carboxylic acid groups (broad SMARTS) is 1. The van der Waals surface area contributed by atoms with Gasteiger partial charge in [0.05, 0.1) is 16.8 Å². The number of benzene rings is 2. The molecular formula is C21H21N3O5. The first-order chi connectivity index (χ1) is 14.0. The highest BCUT2D eigenvalue weighted by molar-refractivity contribution is 5.95. The molecule has 8 heteroatoms. The van der Waals surface area contributed by atoms with E-state index in [1.54, 1.807) is 18.2 Å². The Bertz CT molecular complexity index is 1040. The van der Waals surface area contributed by atoms with Gasteiger partial charge in [-0.05, 0) is 24.6 Å². The van der Waals surface area contributed by atoms with Gasteiger partial charge < -0.3 is 25.6 Å². The molecule has 0 fully saturated rings. The average Bonchev–Trinajstić information content (AvgIpc) is 3.14. The van der Waals surface area contributed by atoms with Gasteiger partial charge in [0.15, 0.2) is 11.5 Å². The van der Waals surface area contributed by atoms with E-state index in [0.29, 0.717) is 35.7 Å². The van der Waals surface area contributed by atoms with Crippen LogP contribution in [0.4, 0.5) is 4.79 Å². The Morgan fingerprint density at radius 2 is 1.83 bits per heavy atom. The molecule has 0 aliphatic carbocycles. The maximum Gasteiger partial charge on any atom is 0.337 e. The number of hydrogen-bond acceptors (Lipinski definition) is 5. The number of amides is 2. The van der Waals surface area contributed by atoms with Crippen LogP contribution in [-0.2, 0) is 6.42 Å². The molecule has 3 aromatic rings. The topological polar surface area (TPSA) is 124 Å². The molecule has 0 unspecified atom stereocenters. The SMILES string of the molecule is CCNC(N)=O.O=C(O)c1cc2cc3c(cc2nc1Cc1ccccc1)OCO3. The molecular weight excluding hydrogens is 374 g/mol. The fourth-order valence-corrected chi connectivity index (χ4v) is 2.89. The number of pyridine rings is 1. The zero-order valence-electron chi connectivity index (χ0n) is 15.8. The van der Waals surface area contributed by atoms with Crippen LogP contribution in [0.1, 0.15) is 28.5 Å². The van der Waals surface area contributed by atoms with Crippen LogP contribution in [0.3, 0.4) is 0 Å². The lowest BCUT2D eigenvalue weighted by atomic mass is 10.0. The number of nitrogens with two attached hydrogens (primary N) is 1. The molecule has 4 rings (SSSR count). The van der Waals surface area contributed by atoms with Crippen LogP contribution in [0, 0.1) is 0 Å². The van der Waals surface area contributed by atoms with Crippen molar-refractivity contribution in [1.82, 2.24) is 10.3 Å². The van der Waals surface area contributed by atoms with Crippen molar-refractivity contribution >= 4 is 22.9 Å². The van der Waals surface area contributed by atoms with Crippen LogP contribution >= 0.6 is 0 Å². The summed E-state index contributed by atoms with van der Waals surface area (Å²) >= 11 is 0. The molecule has 150 valence electrons. The Hall–Kier alpha value is -3.81. The number of fused-ring (bicyclic) bond motifs is 2. The van der Waals surface area contributed by atoms with Crippen LogP contribution in [0.5, 0.6) is 11.5 Å². The summed E-state index contributed by atoms with van der Waals surface area (Å²) < 4.78 is 10.7. The van der Waals surface area contributed by atoms with E-state index in [2.05, 4.69) is 16.0 Å². The number of hydrogen-bond donors (Lipinski definition) is 3. The van der Waals surface area contributed by atoms with Gasteiger partial charge in [-0.3, -0.25) is 4.98 Å². The van der Waals surface area contributed by atoms with Crippen molar-refractivity contribution < 1.29 is 24.2 Å². The predicted molar refractivity (Wildman–Crippen MR) is 107 cm³/mol. The van der Waals surface area contributed by atoms with E-state index >= 15 is 0 Å². The lowest BCUT2D eigenvalue weighted by Gasteiger charge is -2.09. The lowest BCUT2D eigenvalue weighted by Crippen LogP contribution is -2.28. The molecule has 0 radical (unpaired) electrons. The van der Waals surface area contributed by atoms with Crippen molar-refractivity contribution in [2.24, 2.45) is 5.73 Å². The number of nitrogens with zero attached hydrogens (tertiary/aromatic N) is 1. The second kappa shape index (κ2) is 8.92. The number of carbonyl (C=O) groups is 2. The number of ether oxygens (including phenoxy) is 2. The van der Waals surface area contributed by atoms with E-state index in [-0.39, 0.29) is 12.4 Å². The van der Waals surface area contributed by atoms with Crippen LogP contribution in [0.25, 0.3) is 10.9 Å². The van der Waals surface area contributed by atoms with Crippen molar-refractivity contribution in [2.75, 3.05) is 13.3 Å². The molecule has 8 nitrogen and oxygen atoms in total. The number of carboxylic acids is 1. The first kappa shape index (κ1) is 19.9. The molecule has 4 N–H and O–H groups in total. The predicted octanol–water partition coefficient (Wildman–Crippen LogP) is 2.93. The minimum atomic E-state index is -0.983. The molecule has 0 atom stereocenters. The quantitative estimate of drug-likeness (QED) is 0.624. The minimum absolute atomic E-state index is 0.175. The fraction of sp³-hybridized carbons (Fsp3) is 0.190. The zero-order chi connectivity index (χ0) is 20.8. The second-order valence-corrected chi connectivity index (χ2v) is 6.24. The third-order valence-corrected chi connectivity index (χ3v) is 4.18. The average molecular weight is 395 g/mol. The number of nitrogens with one attached hydrogen (secondary N) is 1. The van der Waals surface area contributed by atoms with Crippen LogP contribution in [0.2, 0.25) is 0 Å². The van der Waals surface area contributed by atoms with Crippen molar-refractivity contribution in [3.63, 3.8) is 0 Å². The lowest BCUT2D eigenvalue weighted by molar-refractivity contribution is 0.0695. The molecule has 2 aromatic carbocycles. The van der Waals surface area contributed by atoms with E-state index < -0.39 is 12.0 Å². The Morgan fingerprint density at radius 1 is 1.14 bits per heavy atom. The Morgan fingerprint density at radius 3 is 2.41 bits per heavy atom. The molecule has 1 aliphatic rings. The molecule has 1 aliphatic heterocycles. The van der Waals surface area contributed by atoms with Gasteiger partial charge in [-0.1, -0.05) is 30.3 Å². The second-order valence-electron chi connectivity index (χ2n) is 6.24. The molecule has 2 heterocycles. The van der Waals surface area contributed by atoms with Gasteiger partial charge in [-0.25, -0.2) is 9.59 Å². The zero-order valence-corrected chi connectivity index (χ0v) is 15.8. The smallest absolute Gasteiger partial charge is 0.337 e. The summed E-state index contributed by atoms with van der Waals surface area (Å²) in [7, 11) is 0. The van der Waals surface area contributed by atoms with E-state index in [1.165, 1.54) is 0 Å². The van der Waals surface area contributed by atoms with Gasteiger partial charge in [-0.15, -0.1) is 0 Å². The van der Waals surface area contributed by atoms with Gasteiger partial charge in [0.2, 0.25) is 6.79 Å². The molecule has 2 amide bonds. The van der Waals surface area contributed by atoms with E-state index in [1.807, 2.05) is 37.3 Å². The maximum atomic E-state index is 11.6. The summed E-state index contributed by atoms with van der Waals surface area (Å²) in [6.07, 6.45) is 0.465. The molecule has 0 saturated heterocycles. The normalized spacial score (nSPS) is 11.5. The van der Waals surface area contributed by atoms with E-state index in [0.717, 1.165) is 10.9 Å². The number of aromatic carboxylic acids is 1. The monoisotopic (exact) mass is 395 g/mol. The van der Waals surface area contributed by atoms with E-state index in [9.17, 15) is 14.7 Å². The minimum Gasteiger partial charge on any atom is -0.478 e. The highest BCUT2D eigenvalue weighted by Gasteiger charge is 2.18. The van der Waals surface area contributed by atoms with Crippen LogP contribution in [0.15, 0.2) is 48.5 Å². The van der Waals surface area contributed by atoms with Gasteiger partial charge >= 0.3 is 12.0 Å². The number of urea groups is 1. The van der Waals surface area contributed by atoms with Crippen molar-refractivity contribution in [3.8, 4) is 11.5 Å². The first-order valence-electron chi connectivity index (χ1n) is 9.01. The van der Waals surface area contributed by atoms with Gasteiger partial charge in [0.1, 0.15) is 0 Å². The highest BCUT2D eigenvalue weighted by atomic mass is 16.7. The Labute approximate surface area is 167 Å². The van der Waals surface area contributed by atoms with E-state index in [4.69, 9.17) is 9.47 Å². The Kier molecular flexibility index (Phi) is 6.13. The standard InChI is InChI=1S/C18H13NO4.C3H8N2O/c20-18(21)13-7-12-8-16-17(23-10-22-16)9-14(12)19-15(13)6-11-4-2-1-3-5-11;1-2-5-3(4)6/h1-5,7-9H,6,10H2,(H,20,21);2H2,1H3,(H3,4,5,6). The van der Waals surface area contributed by atoms with Gasteiger partial charge in [0.25, 0.3) is 0 Å². The van der Waals surface area contributed by atoms with Crippen molar-refractivity contribution in [2.45, 2.75) is 13.3 Å². The number of aromatic nitrogens is 1. The van der Waals surface area contributed by atoms with Crippen LogP contribution < -0.4 is 20.5 Å². The molecule has 1 aromatic heterocycles. The fourth-order valence-electron chi connectivity index (χ4n) is 2.89. The third-order valence-electron chi connectivity index (χ3n) is 4.18. The number of rotatable bonds is 4. The third kappa shape index (κ3) is 4.92. The summed E-state index contributed by atoms with van der Waals surface area (Å²) in [6, 6.07) is 14.4. The first-order valence-corrected chi connectivity index (χ1v) is 9.01. The van der Waals surface area contributed by atoms with Gasteiger partial charge in [-0.2, -0.15) is 0 Å². The largest absolute Gasteiger partial charge is 0.478 e. The summed E-state index contributed by atoms with van der Waals surface area (Å²) in [6.45, 7) is 2.59. The number of primary amides is 1. The highest BCUT2D eigenvalue weighted by Crippen LogP contribution is 2.36. The maximum absolute atomic E-state index is 11.6. The van der Waals surface area contributed by atoms with Crippen molar-refractivity contribution in [1.29, 1.82) is 0 Å². The molecule has 0 saturated carbocycles. The van der Waals surface area contributed by atoms with Gasteiger partial charge in [0, 0.05) is 24.4 Å². The van der Waals surface area contributed by atoms with Crippen molar-refractivity contribution in [3.05, 3.63) is 65.4 Å². The molecule has 0 bridgehead atoms. The Balaban J connectivity index is 0.000000353. The summed E-state index contributed by atoms with van der Waals surface area (Å²) in [5.41, 5.74) is 7.11. The number of carbonyl (C=O) groups excluding carboxylic acids is 1. The molecule has 0 spiro atoms. The summed E-state index contributed by atoms with van der Waals surface area (Å²) in [5.74, 6) is 0.271. The summed E-state index contributed by atoms with van der Waals surface area (Å²) in [4.78, 5) is 25.9.